The van der Waals surface area contributed by atoms with Crippen molar-refractivity contribution in [2.75, 3.05) is 25.1 Å². The molecule has 3 heterocycles. The van der Waals surface area contributed by atoms with Gasteiger partial charge in [0.15, 0.2) is 0 Å². The molecule has 1 amide bonds. The van der Waals surface area contributed by atoms with Crippen LogP contribution < -0.4 is 10.6 Å². The summed E-state index contributed by atoms with van der Waals surface area (Å²) in [6.45, 7) is 4.20. The van der Waals surface area contributed by atoms with Gasteiger partial charge in [-0.25, -0.2) is 9.97 Å². The van der Waals surface area contributed by atoms with E-state index in [-0.39, 0.29) is 5.91 Å². The van der Waals surface area contributed by atoms with E-state index in [1.807, 2.05) is 18.2 Å². The second kappa shape index (κ2) is 9.01. The van der Waals surface area contributed by atoms with Crippen molar-refractivity contribution >= 4 is 22.6 Å². The van der Waals surface area contributed by atoms with Gasteiger partial charge in [0.25, 0.3) is 5.91 Å². The fraction of sp³-hybridized carbons (Fsp3) is 0.348. The molecule has 0 bridgehead atoms. The molecule has 0 radical (unpaired) electrons. The summed E-state index contributed by atoms with van der Waals surface area (Å²) >= 11 is 0. The summed E-state index contributed by atoms with van der Waals surface area (Å²) in [5.41, 5.74) is 3.63. The molecule has 2 N–H and O–H groups in total. The quantitative estimate of drug-likeness (QED) is 0.674. The van der Waals surface area contributed by atoms with Crippen LogP contribution in [0, 0.1) is 6.92 Å². The first kappa shape index (κ1) is 19.3. The van der Waals surface area contributed by atoms with E-state index < -0.39 is 0 Å². The molecule has 29 heavy (non-hydrogen) atoms. The van der Waals surface area contributed by atoms with Gasteiger partial charge in [0.05, 0.1) is 5.52 Å². The van der Waals surface area contributed by atoms with Crippen LogP contribution in [-0.4, -0.2) is 41.7 Å². The fourth-order valence-corrected chi connectivity index (χ4v) is 3.55. The molecule has 3 aromatic rings. The first-order chi connectivity index (χ1) is 14.2. The van der Waals surface area contributed by atoms with Gasteiger partial charge in [-0.1, -0.05) is 29.8 Å². The van der Waals surface area contributed by atoms with Crippen LogP contribution in [0.3, 0.4) is 0 Å². The third-order valence-electron chi connectivity index (χ3n) is 5.16. The van der Waals surface area contributed by atoms with Gasteiger partial charge in [0, 0.05) is 43.4 Å². The van der Waals surface area contributed by atoms with Gasteiger partial charge in [0.1, 0.15) is 11.5 Å². The lowest BCUT2D eigenvalue weighted by molar-refractivity contribution is 0.0903. The summed E-state index contributed by atoms with van der Waals surface area (Å²) in [6, 6.07) is 14.2. The maximum Gasteiger partial charge on any atom is 0.269 e. The first-order valence-electron chi connectivity index (χ1n) is 10.1. The van der Waals surface area contributed by atoms with E-state index >= 15 is 0 Å². The Morgan fingerprint density at radius 1 is 1.17 bits per heavy atom. The molecule has 0 unspecified atom stereocenters. The number of nitrogens with one attached hydrogen (secondary N) is 2. The SMILES string of the molecule is Cc1cccc(CCNC(=O)c2ccc3cnc(NC4CCOCC4)cc3n2)c1. The van der Waals surface area contributed by atoms with Gasteiger partial charge in [-0.15, -0.1) is 0 Å². The Hall–Kier alpha value is -2.99. The average molecular weight is 390 g/mol. The minimum atomic E-state index is -0.157. The molecule has 6 nitrogen and oxygen atoms in total. The van der Waals surface area contributed by atoms with Crippen LogP contribution >= 0.6 is 0 Å². The van der Waals surface area contributed by atoms with Crippen molar-refractivity contribution in [1.82, 2.24) is 15.3 Å². The number of hydrogen-bond donors (Lipinski definition) is 2. The monoisotopic (exact) mass is 390 g/mol. The third-order valence-corrected chi connectivity index (χ3v) is 5.16. The van der Waals surface area contributed by atoms with E-state index in [2.05, 4.69) is 45.7 Å². The Bertz CT molecular complexity index is 999. The molecule has 0 saturated carbocycles. The highest BCUT2D eigenvalue weighted by Gasteiger charge is 2.14. The highest BCUT2D eigenvalue weighted by atomic mass is 16.5. The molecule has 150 valence electrons. The molecular formula is C23H26N4O2. The maximum atomic E-state index is 12.5. The second-order valence-corrected chi connectivity index (χ2v) is 7.48. The number of nitrogens with zero attached hydrogens (tertiary/aromatic N) is 2. The maximum absolute atomic E-state index is 12.5. The molecule has 4 rings (SSSR count). The summed E-state index contributed by atoms with van der Waals surface area (Å²) in [7, 11) is 0. The Labute approximate surface area is 170 Å². The van der Waals surface area contributed by atoms with Gasteiger partial charge < -0.3 is 15.4 Å². The fourth-order valence-electron chi connectivity index (χ4n) is 3.55. The lowest BCUT2D eigenvalue weighted by Gasteiger charge is -2.23. The van der Waals surface area contributed by atoms with Crippen LogP contribution in [0.5, 0.6) is 0 Å². The van der Waals surface area contributed by atoms with Crippen molar-refractivity contribution < 1.29 is 9.53 Å². The Morgan fingerprint density at radius 3 is 2.86 bits per heavy atom. The number of pyridine rings is 2. The van der Waals surface area contributed by atoms with Crippen molar-refractivity contribution in [1.29, 1.82) is 0 Å². The molecule has 1 aliphatic heterocycles. The van der Waals surface area contributed by atoms with Crippen LogP contribution in [0.4, 0.5) is 5.82 Å². The summed E-state index contributed by atoms with van der Waals surface area (Å²) in [5.74, 6) is 0.629. The predicted molar refractivity (Wildman–Crippen MR) is 114 cm³/mol. The zero-order valence-electron chi connectivity index (χ0n) is 16.6. The summed E-state index contributed by atoms with van der Waals surface area (Å²) in [4.78, 5) is 21.6. The molecule has 0 aliphatic carbocycles. The van der Waals surface area contributed by atoms with E-state index in [0.717, 1.165) is 49.2 Å². The summed E-state index contributed by atoms with van der Waals surface area (Å²) < 4.78 is 5.40. The number of fused-ring (bicyclic) bond motifs is 1. The van der Waals surface area contributed by atoms with E-state index in [4.69, 9.17) is 4.74 Å². The highest BCUT2D eigenvalue weighted by Crippen LogP contribution is 2.18. The zero-order chi connectivity index (χ0) is 20.1. The number of carbonyl (C=O) groups is 1. The zero-order valence-corrected chi connectivity index (χ0v) is 16.6. The Morgan fingerprint density at radius 2 is 2.03 bits per heavy atom. The first-order valence-corrected chi connectivity index (χ1v) is 10.1. The lowest BCUT2D eigenvalue weighted by Crippen LogP contribution is -2.28. The number of aromatic nitrogens is 2. The minimum Gasteiger partial charge on any atom is -0.381 e. The number of hydrogen-bond acceptors (Lipinski definition) is 5. The average Bonchev–Trinajstić information content (AvgIpc) is 2.74. The van der Waals surface area contributed by atoms with Gasteiger partial charge >= 0.3 is 0 Å². The molecule has 1 saturated heterocycles. The van der Waals surface area contributed by atoms with Gasteiger partial charge in [-0.3, -0.25) is 4.79 Å². The molecular weight excluding hydrogens is 364 g/mol. The summed E-state index contributed by atoms with van der Waals surface area (Å²) in [5, 5.41) is 7.33. The minimum absolute atomic E-state index is 0.157. The Balaban J connectivity index is 1.40. The normalized spacial score (nSPS) is 14.7. The van der Waals surface area contributed by atoms with Crippen molar-refractivity contribution in [3.63, 3.8) is 0 Å². The number of anilines is 1. The van der Waals surface area contributed by atoms with Crippen LogP contribution in [0.15, 0.2) is 48.7 Å². The van der Waals surface area contributed by atoms with Crippen molar-refractivity contribution in [2.24, 2.45) is 0 Å². The number of ether oxygens (including phenoxy) is 1. The Kier molecular flexibility index (Phi) is 6.00. The second-order valence-electron chi connectivity index (χ2n) is 7.48. The standard InChI is InChI=1S/C23H26N4O2/c1-16-3-2-4-17(13-16)7-10-24-23(28)20-6-5-18-15-25-22(14-21(18)27-20)26-19-8-11-29-12-9-19/h2-6,13-15,19H,7-12H2,1H3,(H,24,28)(H,25,26). The van der Waals surface area contributed by atoms with Crippen molar-refractivity contribution in [3.8, 4) is 0 Å². The molecule has 0 atom stereocenters. The third kappa shape index (κ3) is 5.09. The molecule has 6 heteroatoms. The number of rotatable bonds is 6. The predicted octanol–water partition coefficient (Wildman–Crippen LogP) is 3.50. The largest absolute Gasteiger partial charge is 0.381 e. The van der Waals surface area contributed by atoms with Gasteiger partial charge in [-0.05, 0) is 43.9 Å². The van der Waals surface area contributed by atoms with Gasteiger partial charge in [0.2, 0.25) is 0 Å². The molecule has 1 aromatic carbocycles. The van der Waals surface area contributed by atoms with Crippen LogP contribution in [0.2, 0.25) is 0 Å². The smallest absolute Gasteiger partial charge is 0.269 e. The van der Waals surface area contributed by atoms with Crippen LogP contribution in [0.1, 0.15) is 34.5 Å². The molecule has 0 spiro atoms. The van der Waals surface area contributed by atoms with E-state index in [0.29, 0.717) is 18.3 Å². The van der Waals surface area contributed by atoms with E-state index in [1.165, 1.54) is 11.1 Å². The van der Waals surface area contributed by atoms with Crippen molar-refractivity contribution in [3.05, 3.63) is 65.5 Å². The van der Waals surface area contributed by atoms with E-state index in [9.17, 15) is 4.79 Å². The number of amides is 1. The topological polar surface area (TPSA) is 76.1 Å². The number of aryl methyl sites for hydroxylation is 1. The highest BCUT2D eigenvalue weighted by molar-refractivity contribution is 5.95. The van der Waals surface area contributed by atoms with Gasteiger partial charge in [-0.2, -0.15) is 0 Å². The molecule has 1 aliphatic rings. The summed E-state index contributed by atoms with van der Waals surface area (Å²) in [6.07, 6.45) is 4.53. The molecule has 1 fully saturated rings. The lowest BCUT2D eigenvalue weighted by atomic mass is 10.1. The number of carbonyl (C=O) groups excluding carboxylic acids is 1. The van der Waals surface area contributed by atoms with Crippen LogP contribution in [0.25, 0.3) is 10.9 Å². The van der Waals surface area contributed by atoms with Crippen LogP contribution in [-0.2, 0) is 11.2 Å². The van der Waals surface area contributed by atoms with Crippen molar-refractivity contribution in [2.45, 2.75) is 32.2 Å². The number of benzene rings is 1. The molecule has 2 aromatic heterocycles. The van der Waals surface area contributed by atoms with E-state index in [1.54, 1.807) is 12.3 Å².